The van der Waals surface area contributed by atoms with Gasteiger partial charge in [0.15, 0.2) is 17.5 Å². The summed E-state index contributed by atoms with van der Waals surface area (Å²) in [7, 11) is 0. The molecule has 21 heavy (non-hydrogen) atoms. The van der Waals surface area contributed by atoms with Crippen LogP contribution in [0.4, 0.5) is 8.78 Å². The number of nitrogens with one attached hydrogen (secondary N) is 2. The Labute approximate surface area is 124 Å². The molecule has 0 heterocycles. The van der Waals surface area contributed by atoms with E-state index in [1.165, 1.54) is 12.1 Å². The first-order valence-electron chi connectivity index (χ1n) is 7.13. The predicted octanol–water partition coefficient (Wildman–Crippen LogP) is 2.55. The number of ether oxygens (including phenoxy) is 1. The van der Waals surface area contributed by atoms with Crippen LogP contribution in [0.2, 0.25) is 0 Å². The molecule has 0 unspecified atom stereocenters. The normalized spacial score (nSPS) is 11.6. The van der Waals surface area contributed by atoms with Gasteiger partial charge >= 0.3 is 0 Å². The number of guanidine groups is 1. The van der Waals surface area contributed by atoms with E-state index >= 15 is 0 Å². The van der Waals surface area contributed by atoms with E-state index < -0.39 is 11.6 Å². The van der Waals surface area contributed by atoms with Gasteiger partial charge in [0, 0.05) is 19.2 Å². The third-order valence-corrected chi connectivity index (χ3v) is 2.50. The Morgan fingerprint density at radius 2 is 2.05 bits per heavy atom. The van der Waals surface area contributed by atoms with E-state index in [9.17, 15) is 8.78 Å². The van der Waals surface area contributed by atoms with Crippen molar-refractivity contribution in [3.8, 4) is 5.75 Å². The molecule has 0 saturated carbocycles. The summed E-state index contributed by atoms with van der Waals surface area (Å²) in [6.45, 7) is 8.38. The van der Waals surface area contributed by atoms with Gasteiger partial charge in [-0.25, -0.2) is 8.78 Å². The highest BCUT2D eigenvalue weighted by atomic mass is 19.1. The summed E-state index contributed by atoms with van der Waals surface area (Å²) in [6.07, 6.45) is 0. The predicted molar refractivity (Wildman–Crippen MR) is 80.7 cm³/mol. The molecule has 0 spiro atoms. The van der Waals surface area contributed by atoms with E-state index in [1.807, 2.05) is 6.92 Å². The van der Waals surface area contributed by atoms with Crippen LogP contribution in [0.1, 0.15) is 20.8 Å². The second-order valence-electron chi connectivity index (χ2n) is 4.96. The Bertz CT molecular complexity index is 464. The Morgan fingerprint density at radius 1 is 1.29 bits per heavy atom. The summed E-state index contributed by atoms with van der Waals surface area (Å²) in [5.74, 6) is -0.0923. The molecule has 6 heteroatoms. The molecular formula is C15H23F2N3O. The van der Waals surface area contributed by atoms with Crippen molar-refractivity contribution >= 4 is 5.96 Å². The molecule has 4 nitrogen and oxygen atoms in total. The molecule has 0 bridgehead atoms. The monoisotopic (exact) mass is 299 g/mol. The highest BCUT2D eigenvalue weighted by molar-refractivity contribution is 5.79. The number of hydrogen-bond acceptors (Lipinski definition) is 2. The van der Waals surface area contributed by atoms with Crippen LogP contribution in [0.3, 0.4) is 0 Å². The van der Waals surface area contributed by atoms with Crippen LogP contribution in [0.15, 0.2) is 23.2 Å². The Hall–Kier alpha value is -1.85. The topological polar surface area (TPSA) is 45.7 Å². The maximum Gasteiger partial charge on any atom is 0.191 e. The van der Waals surface area contributed by atoms with E-state index in [2.05, 4.69) is 29.5 Å². The number of nitrogens with zero attached hydrogens (tertiary/aromatic N) is 1. The molecule has 2 N–H and O–H groups in total. The third kappa shape index (κ3) is 6.92. The Morgan fingerprint density at radius 3 is 2.67 bits per heavy atom. The van der Waals surface area contributed by atoms with Crippen LogP contribution < -0.4 is 15.4 Å². The van der Waals surface area contributed by atoms with Crippen molar-refractivity contribution in [1.82, 2.24) is 10.6 Å². The van der Waals surface area contributed by atoms with Gasteiger partial charge in [0.25, 0.3) is 0 Å². The van der Waals surface area contributed by atoms with Crippen molar-refractivity contribution in [3.05, 3.63) is 29.8 Å². The largest absolute Gasteiger partial charge is 0.489 e. The summed E-state index contributed by atoms with van der Waals surface area (Å²) >= 11 is 0. The van der Waals surface area contributed by atoms with Gasteiger partial charge in [0.05, 0.1) is 6.54 Å². The lowest BCUT2D eigenvalue weighted by atomic mass is 10.2. The lowest BCUT2D eigenvalue weighted by Crippen LogP contribution is -2.39. The zero-order valence-corrected chi connectivity index (χ0v) is 12.7. The van der Waals surface area contributed by atoms with Crippen molar-refractivity contribution < 1.29 is 13.5 Å². The van der Waals surface area contributed by atoms with E-state index in [4.69, 9.17) is 4.74 Å². The first kappa shape index (κ1) is 17.2. The van der Waals surface area contributed by atoms with Gasteiger partial charge in [-0.3, -0.25) is 4.99 Å². The molecule has 118 valence electrons. The van der Waals surface area contributed by atoms with Crippen molar-refractivity contribution in [2.45, 2.75) is 20.8 Å². The number of aliphatic imine (C=N–C) groups is 1. The standard InChI is InChI=1S/C15H23F2N3O/c1-4-18-15(20-10-11(2)3)19-7-8-21-14-6-5-12(16)9-13(14)17/h5-6,9,11H,4,7-8,10H2,1-3H3,(H2,18,19,20). The summed E-state index contributed by atoms with van der Waals surface area (Å²) < 4.78 is 31.3. The number of halogens is 2. The van der Waals surface area contributed by atoms with Crippen LogP contribution in [0, 0.1) is 17.6 Å². The van der Waals surface area contributed by atoms with Gasteiger partial charge in [0.2, 0.25) is 0 Å². The molecule has 0 radical (unpaired) electrons. The molecule has 0 aromatic heterocycles. The lowest BCUT2D eigenvalue weighted by molar-refractivity contribution is 0.304. The van der Waals surface area contributed by atoms with Crippen molar-refractivity contribution in [1.29, 1.82) is 0 Å². The van der Waals surface area contributed by atoms with Crippen LogP contribution in [0.25, 0.3) is 0 Å². The Balaban J connectivity index is 2.38. The van der Waals surface area contributed by atoms with Crippen LogP contribution in [-0.4, -0.2) is 32.2 Å². The van der Waals surface area contributed by atoms with Gasteiger partial charge < -0.3 is 15.4 Å². The van der Waals surface area contributed by atoms with E-state index in [1.54, 1.807) is 0 Å². The van der Waals surface area contributed by atoms with Gasteiger partial charge in [-0.2, -0.15) is 0 Å². The SMILES string of the molecule is CCNC(=NCC(C)C)NCCOc1ccc(F)cc1F. The van der Waals surface area contributed by atoms with Crippen LogP contribution in [0.5, 0.6) is 5.75 Å². The zero-order valence-electron chi connectivity index (χ0n) is 12.7. The van der Waals surface area contributed by atoms with Gasteiger partial charge in [0.1, 0.15) is 12.4 Å². The summed E-state index contributed by atoms with van der Waals surface area (Å²) in [5, 5.41) is 6.21. The first-order valence-corrected chi connectivity index (χ1v) is 7.13. The average molecular weight is 299 g/mol. The summed E-state index contributed by atoms with van der Waals surface area (Å²) in [4.78, 5) is 4.40. The minimum Gasteiger partial charge on any atom is -0.489 e. The molecule has 0 aliphatic heterocycles. The lowest BCUT2D eigenvalue weighted by Gasteiger charge is -2.13. The fourth-order valence-electron chi connectivity index (χ4n) is 1.54. The molecule has 0 fully saturated rings. The molecular weight excluding hydrogens is 276 g/mol. The minimum absolute atomic E-state index is 0.0438. The summed E-state index contributed by atoms with van der Waals surface area (Å²) in [5.41, 5.74) is 0. The summed E-state index contributed by atoms with van der Waals surface area (Å²) in [6, 6.07) is 3.25. The second-order valence-corrected chi connectivity index (χ2v) is 4.96. The molecule has 0 amide bonds. The average Bonchev–Trinajstić information content (AvgIpc) is 2.42. The molecule has 1 aromatic carbocycles. The smallest absolute Gasteiger partial charge is 0.191 e. The van der Waals surface area contributed by atoms with Crippen molar-refractivity contribution in [2.24, 2.45) is 10.9 Å². The van der Waals surface area contributed by atoms with Crippen molar-refractivity contribution in [3.63, 3.8) is 0 Å². The van der Waals surface area contributed by atoms with Gasteiger partial charge in [-0.15, -0.1) is 0 Å². The maximum absolute atomic E-state index is 13.3. The van der Waals surface area contributed by atoms with Crippen LogP contribution in [-0.2, 0) is 0 Å². The van der Waals surface area contributed by atoms with E-state index in [-0.39, 0.29) is 12.4 Å². The second kappa shape index (κ2) is 9.15. The van der Waals surface area contributed by atoms with Gasteiger partial charge in [-0.1, -0.05) is 13.8 Å². The molecule has 0 atom stereocenters. The van der Waals surface area contributed by atoms with Crippen LogP contribution >= 0.6 is 0 Å². The molecule has 0 aliphatic carbocycles. The number of benzene rings is 1. The highest BCUT2D eigenvalue weighted by Gasteiger charge is 2.04. The Kier molecular flexibility index (Phi) is 7.50. The first-order chi connectivity index (χ1) is 10.0. The fraction of sp³-hybridized carbons (Fsp3) is 0.533. The van der Waals surface area contributed by atoms with Gasteiger partial charge in [-0.05, 0) is 25.0 Å². The number of rotatable bonds is 7. The molecule has 1 aromatic rings. The molecule has 0 saturated heterocycles. The zero-order chi connectivity index (χ0) is 15.7. The van der Waals surface area contributed by atoms with Crippen molar-refractivity contribution in [2.75, 3.05) is 26.2 Å². The quantitative estimate of drug-likeness (QED) is 0.462. The molecule has 1 rings (SSSR count). The molecule has 0 aliphatic rings. The van der Waals surface area contributed by atoms with E-state index in [0.717, 1.165) is 19.2 Å². The van der Waals surface area contributed by atoms with E-state index in [0.29, 0.717) is 18.4 Å². The number of hydrogen-bond donors (Lipinski definition) is 2. The maximum atomic E-state index is 13.3. The highest BCUT2D eigenvalue weighted by Crippen LogP contribution is 2.17. The fourth-order valence-corrected chi connectivity index (χ4v) is 1.54. The minimum atomic E-state index is -0.699. The third-order valence-electron chi connectivity index (χ3n) is 2.50.